The molecule has 7 nitrogen and oxygen atoms in total. The summed E-state index contributed by atoms with van der Waals surface area (Å²) in [6.45, 7) is 10.6. The van der Waals surface area contributed by atoms with E-state index in [1.807, 2.05) is 39.0 Å². The van der Waals surface area contributed by atoms with E-state index in [9.17, 15) is 4.79 Å². The fourth-order valence-electron chi connectivity index (χ4n) is 3.62. The van der Waals surface area contributed by atoms with Gasteiger partial charge >= 0.3 is 0 Å². The standard InChI is InChI=1S/C22H31N3O4/c1-4-27-13-9-21(26)23-18-7-8-20(28-14-12-25-10-5-6-11-25)19(15-18)22-16(2)24-29-17(22)3/h7-8,15H,4-6,9-14H2,1-3H3,(H,23,26). The van der Waals surface area contributed by atoms with Crippen LogP contribution in [-0.2, 0) is 9.53 Å². The fourth-order valence-corrected chi connectivity index (χ4v) is 3.62. The maximum absolute atomic E-state index is 12.2. The van der Waals surface area contributed by atoms with Gasteiger partial charge in [0.15, 0.2) is 0 Å². The van der Waals surface area contributed by atoms with Crippen LogP contribution in [0.2, 0.25) is 0 Å². The molecule has 1 N–H and O–H groups in total. The number of aromatic nitrogens is 1. The zero-order valence-electron chi connectivity index (χ0n) is 17.6. The number of hydrogen-bond acceptors (Lipinski definition) is 6. The van der Waals surface area contributed by atoms with Crippen LogP contribution in [0.25, 0.3) is 11.1 Å². The van der Waals surface area contributed by atoms with Crippen molar-refractivity contribution in [2.24, 2.45) is 0 Å². The highest BCUT2D eigenvalue weighted by Gasteiger charge is 2.18. The minimum absolute atomic E-state index is 0.0779. The summed E-state index contributed by atoms with van der Waals surface area (Å²) in [6.07, 6.45) is 2.85. The summed E-state index contributed by atoms with van der Waals surface area (Å²) in [7, 11) is 0. The molecule has 0 bridgehead atoms. The van der Waals surface area contributed by atoms with E-state index in [2.05, 4.69) is 15.4 Å². The lowest BCUT2D eigenvalue weighted by molar-refractivity contribution is -0.117. The van der Waals surface area contributed by atoms with Crippen molar-refractivity contribution in [1.29, 1.82) is 0 Å². The number of likely N-dealkylation sites (tertiary alicyclic amines) is 1. The predicted molar refractivity (Wildman–Crippen MR) is 112 cm³/mol. The van der Waals surface area contributed by atoms with Gasteiger partial charge in [-0.25, -0.2) is 0 Å². The molecule has 29 heavy (non-hydrogen) atoms. The van der Waals surface area contributed by atoms with Gasteiger partial charge in [0.05, 0.1) is 24.3 Å². The van der Waals surface area contributed by atoms with Crippen LogP contribution >= 0.6 is 0 Å². The van der Waals surface area contributed by atoms with Crippen molar-refractivity contribution >= 4 is 11.6 Å². The Hall–Kier alpha value is -2.38. The lowest BCUT2D eigenvalue weighted by Gasteiger charge is -2.17. The van der Waals surface area contributed by atoms with Crippen LogP contribution in [0.3, 0.4) is 0 Å². The first-order valence-electron chi connectivity index (χ1n) is 10.4. The number of rotatable bonds is 10. The molecule has 1 aliphatic heterocycles. The normalized spacial score (nSPS) is 14.3. The Morgan fingerprint density at radius 3 is 2.72 bits per heavy atom. The number of anilines is 1. The summed E-state index contributed by atoms with van der Waals surface area (Å²) in [5.74, 6) is 1.42. The molecule has 0 radical (unpaired) electrons. The van der Waals surface area contributed by atoms with Gasteiger partial charge in [-0.3, -0.25) is 9.69 Å². The number of carbonyl (C=O) groups excluding carboxylic acids is 1. The van der Waals surface area contributed by atoms with Gasteiger partial charge in [-0.1, -0.05) is 5.16 Å². The van der Waals surface area contributed by atoms with Crippen molar-refractivity contribution in [2.75, 3.05) is 44.8 Å². The van der Waals surface area contributed by atoms with E-state index in [1.54, 1.807) is 0 Å². The smallest absolute Gasteiger partial charge is 0.226 e. The van der Waals surface area contributed by atoms with Crippen molar-refractivity contribution in [3.8, 4) is 16.9 Å². The van der Waals surface area contributed by atoms with Crippen LogP contribution in [0.15, 0.2) is 22.7 Å². The fraction of sp³-hybridized carbons (Fsp3) is 0.545. The second-order valence-corrected chi connectivity index (χ2v) is 7.30. The number of aryl methyl sites for hydroxylation is 2. The van der Waals surface area contributed by atoms with Crippen LogP contribution in [0.1, 0.15) is 37.6 Å². The Bertz CT molecular complexity index is 793. The molecule has 158 valence electrons. The molecule has 0 aliphatic carbocycles. The van der Waals surface area contributed by atoms with Gasteiger partial charge in [0.25, 0.3) is 0 Å². The zero-order valence-corrected chi connectivity index (χ0v) is 17.6. The maximum atomic E-state index is 12.2. The molecule has 0 unspecified atom stereocenters. The molecule has 7 heteroatoms. The van der Waals surface area contributed by atoms with Crippen molar-refractivity contribution < 1.29 is 18.8 Å². The number of benzene rings is 1. The topological polar surface area (TPSA) is 76.8 Å². The number of nitrogens with one attached hydrogen (secondary N) is 1. The largest absolute Gasteiger partial charge is 0.492 e. The van der Waals surface area contributed by atoms with Gasteiger partial charge < -0.3 is 19.3 Å². The second-order valence-electron chi connectivity index (χ2n) is 7.30. The minimum Gasteiger partial charge on any atom is -0.492 e. The molecule has 2 aromatic rings. The van der Waals surface area contributed by atoms with Crippen molar-refractivity contribution in [3.05, 3.63) is 29.7 Å². The molecule has 1 fully saturated rings. The summed E-state index contributed by atoms with van der Waals surface area (Å²) in [5.41, 5.74) is 3.30. The lowest BCUT2D eigenvalue weighted by Crippen LogP contribution is -2.25. The Morgan fingerprint density at radius 2 is 2.03 bits per heavy atom. The number of carbonyl (C=O) groups is 1. The highest BCUT2D eigenvalue weighted by Crippen LogP contribution is 2.36. The van der Waals surface area contributed by atoms with Crippen molar-refractivity contribution in [1.82, 2.24) is 10.1 Å². The average molecular weight is 402 g/mol. The number of amides is 1. The van der Waals surface area contributed by atoms with Gasteiger partial charge in [-0.05, 0) is 64.9 Å². The summed E-state index contributed by atoms with van der Waals surface area (Å²) in [4.78, 5) is 14.6. The Labute approximate surface area is 172 Å². The van der Waals surface area contributed by atoms with Crippen LogP contribution in [0.4, 0.5) is 5.69 Å². The molecule has 0 saturated carbocycles. The third-order valence-electron chi connectivity index (χ3n) is 5.11. The maximum Gasteiger partial charge on any atom is 0.226 e. The Morgan fingerprint density at radius 1 is 1.24 bits per heavy atom. The quantitative estimate of drug-likeness (QED) is 0.610. The van der Waals surface area contributed by atoms with E-state index in [-0.39, 0.29) is 5.91 Å². The minimum atomic E-state index is -0.0779. The van der Waals surface area contributed by atoms with Gasteiger partial charge in [0.2, 0.25) is 5.91 Å². The summed E-state index contributed by atoms with van der Waals surface area (Å²) >= 11 is 0. The Kier molecular flexibility index (Phi) is 7.66. The molecule has 1 amide bonds. The monoisotopic (exact) mass is 401 g/mol. The first kappa shape index (κ1) is 21.3. The molecule has 1 aromatic carbocycles. The third-order valence-corrected chi connectivity index (χ3v) is 5.11. The summed E-state index contributed by atoms with van der Waals surface area (Å²) in [5, 5.41) is 7.01. The first-order valence-corrected chi connectivity index (χ1v) is 10.4. The molecule has 3 rings (SSSR count). The number of ether oxygens (including phenoxy) is 2. The van der Waals surface area contributed by atoms with Crippen molar-refractivity contribution in [3.63, 3.8) is 0 Å². The SMILES string of the molecule is CCOCCC(=O)Nc1ccc(OCCN2CCCC2)c(-c2c(C)noc2C)c1. The van der Waals surface area contributed by atoms with E-state index in [0.29, 0.717) is 31.9 Å². The van der Waals surface area contributed by atoms with Crippen LogP contribution < -0.4 is 10.1 Å². The highest BCUT2D eigenvalue weighted by atomic mass is 16.5. The number of hydrogen-bond donors (Lipinski definition) is 1. The van der Waals surface area contributed by atoms with Gasteiger partial charge in [-0.15, -0.1) is 0 Å². The van der Waals surface area contributed by atoms with E-state index in [4.69, 9.17) is 14.0 Å². The summed E-state index contributed by atoms with van der Waals surface area (Å²) < 4.78 is 16.7. The first-order chi connectivity index (χ1) is 14.1. The summed E-state index contributed by atoms with van der Waals surface area (Å²) in [6, 6.07) is 5.70. The highest BCUT2D eigenvalue weighted by molar-refractivity contribution is 5.92. The third kappa shape index (κ3) is 5.81. The van der Waals surface area contributed by atoms with E-state index >= 15 is 0 Å². The van der Waals surface area contributed by atoms with Crippen LogP contribution in [0.5, 0.6) is 5.75 Å². The van der Waals surface area contributed by atoms with E-state index in [0.717, 1.165) is 48.0 Å². The molecular weight excluding hydrogens is 370 g/mol. The van der Waals surface area contributed by atoms with E-state index in [1.165, 1.54) is 12.8 Å². The Balaban J connectivity index is 1.75. The van der Waals surface area contributed by atoms with Gasteiger partial charge in [-0.2, -0.15) is 0 Å². The molecule has 1 aliphatic rings. The predicted octanol–water partition coefficient (Wildman–Crippen LogP) is 3.80. The molecule has 1 saturated heterocycles. The van der Waals surface area contributed by atoms with Crippen LogP contribution in [-0.4, -0.2) is 55.4 Å². The van der Waals surface area contributed by atoms with Gasteiger partial charge in [0, 0.05) is 24.4 Å². The molecule has 2 heterocycles. The van der Waals surface area contributed by atoms with Crippen LogP contribution in [0, 0.1) is 13.8 Å². The zero-order chi connectivity index (χ0) is 20.6. The lowest BCUT2D eigenvalue weighted by atomic mass is 10.0. The average Bonchev–Trinajstić information content (AvgIpc) is 3.33. The molecule has 0 spiro atoms. The number of nitrogens with zero attached hydrogens (tertiary/aromatic N) is 2. The van der Waals surface area contributed by atoms with E-state index < -0.39 is 0 Å². The van der Waals surface area contributed by atoms with Gasteiger partial charge in [0.1, 0.15) is 18.1 Å². The molecular formula is C22H31N3O4. The molecule has 1 aromatic heterocycles. The van der Waals surface area contributed by atoms with Crippen molar-refractivity contribution in [2.45, 2.75) is 40.0 Å². The second kappa shape index (κ2) is 10.4. The molecule has 0 atom stereocenters.